The molecule has 0 N–H and O–H groups in total. The van der Waals surface area contributed by atoms with Crippen LogP contribution < -0.4 is 4.31 Å². The van der Waals surface area contributed by atoms with E-state index < -0.39 is 10.0 Å². The average molecular weight is 310 g/mol. The zero-order valence-corrected chi connectivity index (χ0v) is 12.9. The molecule has 0 radical (unpaired) electrons. The Hall–Kier alpha value is -1.52. The predicted octanol–water partition coefficient (Wildman–Crippen LogP) is 3.86. The van der Waals surface area contributed by atoms with E-state index in [1.54, 1.807) is 24.3 Å². The minimum atomic E-state index is -3.59. The third-order valence-electron chi connectivity index (χ3n) is 2.96. The van der Waals surface area contributed by atoms with Gasteiger partial charge in [-0.3, -0.25) is 4.31 Å². The molecule has 3 nitrogen and oxygen atoms in total. The first-order chi connectivity index (χ1) is 9.45. The highest BCUT2D eigenvalue weighted by molar-refractivity contribution is 7.92. The first-order valence-electron chi connectivity index (χ1n) is 6.30. The van der Waals surface area contributed by atoms with Crippen molar-refractivity contribution in [2.24, 2.45) is 0 Å². The molecule has 0 spiro atoms. The van der Waals surface area contributed by atoms with Gasteiger partial charge in [-0.2, -0.15) is 0 Å². The van der Waals surface area contributed by atoms with Gasteiger partial charge in [0.2, 0.25) is 0 Å². The Morgan fingerprint density at radius 2 is 1.80 bits per heavy atom. The molecular weight excluding hydrogens is 294 g/mol. The molecule has 0 heterocycles. The molecule has 0 bridgehead atoms. The van der Waals surface area contributed by atoms with Crippen LogP contribution >= 0.6 is 11.6 Å². The zero-order chi connectivity index (χ0) is 14.8. The summed E-state index contributed by atoms with van der Waals surface area (Å²) in [6.07, 6.45) is 0. The van der Waals surface area contributed by atoms with Crippen LogP contribution in [0.15, 0.2) is 53.4 Å². The van der Waals surface area contributed by atoms with E-state index in [-0.39, 0.29) is 4.90 Å². The molecule has 106 valence electrons. The van der Waals surface area contributed by atoms with Crippen LogP contribution in [0.5, 0.6) is 0 Å². The van der Waals surface area contributed by atoms with Crippen molar-refractivity contribution in [1.82, 2.24) is 0 Å². The van der Waals surface area contributed by atoms with E-state index in [1.165, 1.54) is 10.4 Å². The third kappa shape index (κ3) is 2.97. The number of rotatable bonds is 4. The van der Waals surface area contributed by atoms with Crippen LogP contribution in [0.3, 0.4) is 0 Å². The Bertz CT molecular complexity index is 713. The molecule has 0 aliphatic carbocycles. The van der Waals surface area contributed by atoms with Gasteiger partial charge in [-0.15, -0.1) is 0 Å². The van der Waals surface area contributed by atoms with Gasteiger partial charge in [-0.25, -0.2) is 8.42 Å². The first-order valence-corrected chi connectivity index (χ1v) is 8.12. The van der Waals surface area contributed by atoms with E-state index >= 15 is 0 Å². The fourth-order valence-electron chi connectivity index (χ4n) is 2.03. The van der Waals surface area contributed by atoms with Crippen molar-refractivity contribution in [1.29, 1.82) is 0 Å². The Morgan fingerprint density at radius 1 is 1.10 bits per heavy atom. The normalized spacial score (nSPS) is 11.3. The van der Waals surface area contributed by atoms with E-state index in [0.29, 0.717) is 17.3 Å². The molecule has 0 fully saturated rings. The molecule has 0 saturated carbocycles. The van der Waals surface area contributed by atoms with E-state index in [0.717, 1.165) is 5.56 Å². The molecule has 0 atom stereocenters. The van der Waals surface area contributed by atoms with Crippen LogP contribution in [-0.2, 0) is 10.0 Å². The van der Waals surface area contributed by atoms with Crippen molar-refractivity contribution >= 4 is 27.3 Å². The van der Waals surface area contributed by atoms with Crippen LogP contribution in [0.2, 0.25) is 5.02 Å². The summed E-state index contributed by atoms with van der Waals surface area (Å²) < 4.78 is 26.8. The summed E-state index contributed by atoms with van der Waals surface area (Å²) in [6, 6.07) is 13.7. The molecule has 20 heavy (non-hydrogen) atoms. The van der Waals surface area contributed by atoms with Crippen molar-refractivity contribution in [3.8, 4) is 0 Å². The molecule has 2 aromatic rings. The Balaban J connectivity index is 2.50. The van der Waals surface area contributed by atoms with Gasteiger partial charge in [-0.1, -0.05) is 29.8 Å². The molecular formula is C15H16ClNO2S. The van der Waals surface area contributed by atoms with Crippen LogP contribution in [-0.4, -0.2) is 15.0 Å². The summed E-state index contributed by atoms with van der Waals surface area (Å²) in [5, 5.41) is 0.409. The van der Waals surface area contributed by atoms with Crippen molar-refractivity contribution in [2.75, 3.05) is 10.8 Å². The van der Waals surface area contributed by atoms with Crippen LogP contribution in [0, 0.1) is 6.92 Å². The minimum Gasteiger partial charge on any atom is -0.267 e. The lowest BCUT2D eigenvalue weighted by Gasteiger charge is -2.23. The Morgan fingerprint density at radius 3 is 2.40 bits per heavy atom. The average Bonchev–Trinajstić information content (AvgIpc) is 2.39. The van der Waals surface area contributed by atoms with Crippen molar-refractivity contribution in [3.63, 3.8) is 0 Å². The molecule has 0 saturated heterocycles. The van der Waals surface area contributed by atoms with Gasteiger partial charge in [0.25, 0.3) is 10.0 Å². The number of halogens is 1. The highest BCUT2D eigenvalue weighted by Crippen LogP contribution is 2.25. The van der Waals surface area contributed by atoms with E-state index in [4.69, 9.17) is 11.6 Å². The number of hydrogen-bond acceptors (Lipinski definition) is 2. The third-order valence-corrected chi connectivity index (χ3v) is 5.09. The van der Waals surface area contributed by atoms with E-state index in [1.807, 2.05) is 32.0 Å². The van der Waals surface area contributed by atoms with Gasteiger partial charge >= 0.3 is 0 Å². The molecule has 5 heteroatoms. The summed E-state index contributed by atoms with van der Waals surface area (Å²) in [7, 11) is -3.59. The lowest BCUT2D eigenvalue weighted by atomic mass is 10.2. The summed E-state index contributed by atoms with van der Waals surface area (Å²) in [4.78, 5) is 0.202. The molecule has 0 aromatic heterocycles. The van der Waals surface area contributed by atoms with Crippen molar-refractivity contribution in [2.45, 2.75) is 18.7 Å². The molecule has 0 aliphatic rings. The van der Waals surface area contributed by atoms with E-state index in [2.05, 4.69) is 0 Å². The molecule has 0 aliphatic heterocycles. The van der Waals surface area contributed by atoms with Crippen molar-refractivity contribution < 1.29 is 8.42 Å². The smallest absolute Gasteiger partial charge is 0.264 e. The second-order valence-electron chi connectivity index (χ2n) is 4.47. The van der Waals surface area contributed by atoms with Gasteiger partial charge in [0.1, 0.15) is 0 Å². The number of anilines is 1. The SMILES string of the molecule is CCN(c1cccc(C)c1)S(=O)(=O)c1cccc(Cl)c1. The lowest BCUT2D eigenvalue weighted by Crippen LogP contribution is -2.30. The van der Waals surface area contributed by atoms with E-state index in [9.17, 15) is 8.42 Å². The number of nitrogens with zero attached hydrogens (tertiary/aromatic N) is 1. The quantitative estimate of drug-likeness (QED) is 0.860. The number of benzene rings is 2. The second kappa shape index (κ2) is 5.85. The zero-order valence-electron chi connectivity index (χ0n) is 11.4. The Labute approximate surface area is 124 Å². The topological polar surface area (TPSA) is 37.4 Å². The maximum Gasteiger partial charge on any atom is 0.264 e. The molecule has 2 aromatic carbocycles. The fraction of sp³-hybridized carbons (Fsp3) is 0.200. The maximum absolute atomic E-state index is 12.7. The van der Waals surface area contributed by atoms with Gasteiger partial charge in [-0.05, 0) is 49.7 Å². The fourth-order valence-corrected chi connectivity index (χ4v) is 3.80. The number of aryl methyl sites for hydroxylation is 1. The summed E-state index contributed by atoms with van der Waals surface area (Å²) in [5.74, 6) is 0. The molecule has 2 rings (SSSR count). The number of hydrogen-bond donors (Lipinski definition) is 0. The predicted molar refractivity (Wildman–Crippen MR) is 82.8 cm³/mol. The van der Waals surface area contributed by atoms with Gasteiger partial charge < -0.3 is 0 Å². The van der Waals surface area contributed by atoms with Crippen molar-refractivity contribution in [3.05, 3.63) is 59.1 Å². The summed E-state index contributed by atoms with van der Waals surface area (Å²) in [5.41, 5.74) is 1.68. The van der Waals surface area contributed by atoms with Gasteiger partial charge in [0.05, 0.1) is 10.6 Å². The molecule has 0 amide bonds. The second-order valence-corrected chi connectivity index (χ2v) is 6.76. The van der Waals surface area contributed by atoms with Crippen LogP contribution in [0.1, 0.15) is 12.5 Å². The largest absolute Gasteiger partial charge is 0.267 e. The first kappa shape index (κ1) is 14.9. The minimum absolute atomic E-state index is 0.202. The highest BCUT2D eigenvalue weighted by Gasteiger charge is 2.23. The highest BCUT2D eigenvalue weighted by atomic mass is 35.5. The standard InChI is InChI=1S/C15H16ClNO2S/c1-3-17(14-8-4-6-12(2)10-14)20(18,19)15-9-5-7-13(16)11-15/h4-11H,3H2,1-2H3. The molecule has 0 unspecified atom stereocenters. The van der Waals surface area contributed by atoms with Crippen LogP contribution in [0.4, 0.5) is 5.69 Å². The summed E-state index contributed by atoms with van der Waals surface area (Å²) >= 11 is 5.89. The van der Waals surface area contributed by atoms with Crippen LogP contribution in [0.25, 0.3) is 0 Å². The maximum atomic E-state index is 12.7. The Kier molecular flexibility index (Phi) is 4.35. The lowest BCUT2D eigenvalue weighted by molar-refractivity contribution is 0.592. The number of sulfonamides is 1. The van der Waals surface area contributed by atoms with Gasteiger partial charge in [0, 0.05) is 11.6 Å². The monoisotopic (exact) mass is 309 g/mol. The van der Waals surface area contributed by atoms with Gasteiger partial charge in [0.15, 0.2) is 0 Å². The summed E-state index contributed by atoms with van der Waals surface area (Å²) in [6.45, 7) is 4.10.